The highest BCUT2D eigenvalue weighted by molar-refractivity contribution is 5.93. The highest BCUT2D eigenvalue weighted by Gasteiger charge is 2.15. The molecule has 1 amide bonds. The van der Waals surface area contributed by atoms with E-state index in [0.29, 0.717) is 11.9 Å². The molecule has 5 nitrogen and oxygen atoms in total. The summed E-state index contributed by atoms with van der Waals surface area (Å²) in [7, 11) is 0. The van der Waals surface area contributed by atoms with Crippen LogP contribution in [-0.2, 0) is 6.42 Å². The smallest absolute Gasteiger partial charge is 0.271 e. The summed E-state index contributed by atoms with van der Waals surface area (Å²) in [6.45, 7) is -0.137. The zero-order chi connectivity index (χ0) is 16.1. The largest absolute Gasteiger partial charge is 0.394 e. The molecule has 1 heterocycles. The molecule has 0 bridgehead atoms. The molecule has 2 N–H and O–H groups in total. The number of amides is 1. The fourth-order valence-electron chi connectivity index (χ4n) is 2.39. The first-order valence-electron chi connectivity index (χ1n) is 7.43. The van der Waals surface area contributed by atoms with Crippen LogP contribution in [0.1, 0.15) is 16.1 Å². The first kappa shape index (κ1) is 15.1. The minimum absolute atomic E-state index is 0.137. The molecular formula is C18H17N3O2. The third kappa shape index (κ3) is 3.70. The molecule has 1 atom stereocenters. The second-order valence-electron chi connectivity index (χ2n) is 5.29. The van der Waals surface area contributed by atoms with E-state index in [0.717, 1.165) is 11.1 Å². The maximum absolute atomic E-state index is 12.3. The lowest BCUT2D eigenvalue weighted by Crippen LogP contribution is -2.39. The molecule has 0 spiro atoms. The number of para-hydroxylation sites is 2. The van der Waals surface area contributed by atoms with Crippen LogP contribution in [0, 0.1) is 0 Å². The van der Waals surface area contributed by atoms with Crippen LogP contribution in [0.2, 0.25) is 0 Å². The van der Waals surface area contributed by atoms with Crippen molar-refractivity contribution in [2.24, 2.45) is 0 Å². The van der Waals surface area contributed by atoms with Gasteiger partial charge in [0.15, 0.2) is 0 Å². The number of carbonyl (C=O) groups excluding carboxylic acids is 1. The molecule has 0 aliphatic rings. The molecule has 5 heteroatoms. The number of carbonyl (C=O) groups is 1. The van der Waals surface area contributed by atoms with E-state index in [1.54, 1.807) is 0 Å². The second kappa shape index (κ2) is 6.98. The van der Waals surface area contributed by atoms with E-state index in [1.165, 1.54) is 6.20 Å². The fraction of sp³-hybridized carbons (Fsp3) is 0.167. The molecule has 3 rings (SSSR count). The van der Waals surface area contributed by atoms with Crippen molar-refractivity contribution in [2.75, 3.05) is 6.61 Å². The van der Waals surface area contributed by atoms with E-state index in [1.807, 2.05) is 54.6 Å². The summed E-state index contributed by atoms with van der Waals surface area (Å²) in [6.07, 6.45) is 2.01. The predicted molar refractivity (Wildman–Crippen MR) is 88.0 cm³/mol. The Morgan fingerprint density at radius 2 is 1.74 bits per heavy atom. The maximum Gasteiger partial charge on any atom is 0.271 e. The van der Waals surface area contributed by atoms with Gasteiger partial charge in [-0.25, -0.2) is 4.98 Å². The van der Waals surface area contributed by atoms with Gasteiger partial charge in [0.1, 0.15) is 5.69 Å². The first-order chi connectivity index (χ1) is 11.3. The number of nitrogens with zero attached hydrogens (tertiary/aromatic N) is 2. The van der Waals surface area contributed by atoms with Crippen molar-refractivity contribution in [1.29, 1.82) is 0 Å². The van der Waals surface area contributed by atoms with Crippen molar-refractivity contribution >= 4 is 16.9 Å². The van der Waals surface area contributed by atoms with Crippen molar-refractivity contribution < 1.29 is 9.90 Å². The number of hydrogen-bond acceptors (Lipinski definition) is 4. The number of rotatable bonds is 5. The van der Waals surface area contributed by atoms with Crippen LogP contribution in [0.15, 0.2) is 60.8 Å². The summed E-state index contributed by atoms with van der Waals surface area (Å²) in [5.41, 5.74) is 2.71. The van der Waals surface area contributed by atoms with Gasteiger partial charge in [-0.05, 0) is 24.1 Å². The Labute approximate surface area is 134 Å². The lowest BCUT2D eigenvalue weighted by molar-refractivity contribution is 0.0911. The molecule has 1 unspecified atom stereocenters. The van der Waals surface area contributed by atoms with Gasteiger partial charge in [-0.15, -0.1) is 0 Å². The van der Waals surface area contributed by atoms with Crippen molar-refractivity contribution in [2.45, 2.75) is 12.5 Å². The van der Waals surface area contributed by atoms with Crippen LogP contribution in [0.3, 0.4) is 0 Å². The van der Waals surface area contributed by atoms with Crippen LogP contribution < -0.4 is 5.32 Å². The number of aliphatic hydroxyl groups excluding tert-OH is 1. The van der Waals surface area contributed by atoms with Crippen LogP contribution in [0.4, 0.5) is 0 Å². The van der Waals surface area contributed by atoms with Crippen LogP contribution in [-0.4, -0.2) is 33.6 Å². The Balaban J connectivity index is 1.73. The normalized spacial score (nSPS) is 12.0. The third-order valence-corrected chi connectivity index (χ3v) is 3.56. The molecule has 2 aromatic carbocycles. The average Bonchev–Trinajstić information content (AvgIpc) is 2.61. The minimum Gasteiger partial charge on any atom is -0.394 e. The predicted octanol–water partition coefficient (Wildman–Crippen LogP) is 1.96. The molecule has 23 heavy (non-hydrogen) atoms. The molecular weight excluding hydrogens is 290 g/mol. The van der Waals surface area contributed by atoms with Gasteiger partial charge < -0.3 is 10.4 Å². The van der Waals surface area contributed by atoms with E-state index in [2.05, 4.69) is 15.3 Å². The van der Waals surface area contributed by atoms with Gasteiger partial charge in [-0.2, -0.15) is 0 Å². The van der Waals surface area contributed by atoms with Crippen molar-refractivity contribution in [3.8, 4) is 0 Å². The Kier molecular flexibility index (Phi) is 4.59. The Bertz CT molecular complexity index is 805. The lowest BCUT2D eigenvalue weighted by Gasteiger charge is -2.16. The van der Waals surface area contributed by atoms with Crippen LogP contribution in [0.5, 0.6) is 0 Å². The minimum atomic E-state index is -0.363. The SMILES string of the molecule is O=C(NC(CO)Cc1ccccc1)c1cnc2ccccc2n1. The standard InChI is InChI=1S/C18H17N3O2/c22-12-14(10-13-6-2-1-3-7-13)20-18(23)17-11-19-15-8-4-5-9-16(15)21-17/h1-9,11,14,22H,10,12H2,(H,20,23). The topological polar surface area (TPSA) is 75.1 Å². The van der Waals surface area contributed by atoms with Gasteiger partial charge in [0.25, 0.3) is 5.91 Å². The van der Waals surface area contributed by atoms with Crippen molar-refractivity contribution in [3.63, 3.8) is 0 Å². The number of nitrogens with one attached hydrogen (secondary N) is 1. The van der Waals surface area contributed by atoms with E-state index in [9.17, 15) is 9.90 Å². The zero-order valence-corrected chi connectivity index (χ0v) is 12.5. The van der Waals surface area contributed by atoms with Crippen LogP contribution >= 0.6 is 0 Å². The van der Waals surface area contributed by atoms with Crippen molar-refractivity contribution in [1.82, 2.24) is 15.3 Å². The van der Waals surface area contributed by atoms with Gasteiger partial charge in [-0.1, -0.05) is 42.5 Å². The van der Waals surface area contributed by atoms with E-state index in [-0.39, 0.29) is 24.2 Å². The van der Waals surface area contributed by atoms with E-state index >= 15 is 0 Å². The molecule has 0 fully saturated rings. The zero-order valence-electron chi connectivity index (χ0n) is 12.5. The summed E-state index contributed by atoms with van der Waals surface area (Å²) >= 11 is 0. The van der Waals surface area contributed by atoms with Gasteiger partial charge in [0.2, 0.25) is 0 Å². The lowest BCUT2D eigenvalue weighted by atomic mass is 10.1. The van der Waals surface area contributed by atoms with Crippen molar-refractivity contribution in [3.05, 3.63) is 72.1 Å². The van der Waals surface area contributed by atoms with E-state index in [4.69, 9.17) is 0 Å². The monoisotopic (exact) mass is 307 g/mol. The summed E-state index contributed by atoms with van der Waals surface area (Å²) in [6, 6.07) is 16.7. The van der Waals surface area contributed by atoms with Gasteiger partial charge in [0, 0.05) is 0 Å². The quantitative estimate of drug-likeness (QED) is 0.755. The Hall–Kier alpha value is -2.79. The van der Waals surface area contributed by atoms with Gasteiger partial charge >= 0.3 is 0 Å². The number of hydrogen-bond donors (Lipinski definition) is 2. The highest BCUT2D eigenvalue weighted by Crippen LogP contribution is 2.09. The Morgan fingerprint density at radius 1 is 1.04 bits per heavy atom. The van der Waals surface area contributed by atoms with Crippen LogP contribution in [0.25, 0.3) is 11.0 Å². The summed E-state index contributed by atoms with van der Waals surface area (Å²) < 4.78 is 0. The number of aromatic nitrogens is 2. The molecule has 0 saturated carbocycles. The van der Waals surface area contributed by atoms with Gasteiger partial charge in [0.05, 0.1) is 29.9 Å². The number of benzene rings is 2. The highest BCUT2D eigenvalue weighted by atomic mass is 16.3. The fourth-order valence-corrected chi connectivity index (χ4v) is 2.39. The number of fused-ring (bicyclic) bond motifs is 1. The molecule has 0 aliphatic carbocycles. The first-order valence-corrected chi connectivity index (χ1v) is 7.43. The Morgan fingerprint density at radius 3 is 2.48 bits per heavy atom. The molecule has 1 aromatic heterocycles. The number of aliphatic hydroxyl groups is 1. The third-order valence-electron chi connectivity index (χ3n) is 3.56. The second-order valence-corrected chi connectivity index (χ2v) is 5.29. The van der Waals surface area contributed by atoms with E-state index < -0.39 is 0 Å². The van der Waals surface area contributed by atoms with Gasteiger partial charge in [-0.3, -0.25) is 9.78 Å². The summed E-state index contributed by atoms with van der Waals surface area (Å²) in [5, 5.41) is 12.3. The summed E-state index contributed by atoms with van der Waals surface area (Å²) in [5.74, 6) is -0.335. The molecule has 116 valence electrons. The molecule has 0 aliphatic heterocycles. The average molecular weight is 307 g/mol. The molecule has 3 aromatic rings. The maximum atomic E-state index is 12.3. The molecule has 0 saturated heterocycles. The molecule has 0 radical (unpaired) electrons. The summed E-state index contributed by atoms with van der Waals surface area (Å²) in [4.78, 5) is 20.9.